The second-order valence-corrected chi connectivity index (χ2v) is 9.26. The van der Waals surface area contributed by atoms with Crippen LogP contribution >= 0.6 is 11.6 Å². The van der Waals surface area contributed by atoms with Crippen LogP contribution in [0.25, 0.3) is 0 Å². The summed E-state index contributed by atoms with van der Waals surface area (Å²) in [5.41, 5.74) is 2.13. The summed E-state index contributed by atoms with van der Waals surface area (Å²) in [6.07, 6.45) is 1.49. The van der Waals surface area contributed by atoms with Crippen molar-refractivity contribution < 1.29 is 14.3 Å². The van der Waals surface area contributed by atoms with Crippen LogP contribution < -0.4 is 4.74 Å². The van der Waals surface area contributed by atoms with Crippen molar-refractivity contribution in [2.45, 2.75) is 39.4 Å². The standard InChI is InChI=1S/C26H35ClN2O3/c1-20(2)10-11-26(30)29-14-12-28(13-15-29)18-25(22-7-5-9-24(17-22)31-3)32-19-21-6-4-8-23(27)16-21/h4-9,16-17,20,25H,10-15,18-19H2,1-3H3/t25-/m0/s1. The molecule has 1 amide bonds. The van der Waals surface area contributed by atoms with E-state index in [2.05, 4.69) is 24.8 Å². The van der Waals surface area contributed by atoms with E-state index < -0.39 is 0 Å². The highest BCUT2D eigenvalue weighted by Gasteiger charge is 2.24. The quantitative estimate of drug-likeness (QED) is 0.491. The molecule has 0 unspecified atom stereocenters. The Labute approximate surface area is 197 Å². The van der Waals surface area contributed by atoms with Crippen LogP contribution in [0.3, 0.4) is 0 Å². The number of piperazine rings is 1. The minimum absolute atomic E-state index is 0.104. The first-order chi connectivity index (χ1) is 15.4. The molecule has 0 radical (unpaired) electrons. The summed E-state index contributed by atoms with van der Waals surface area (Å²) in [6, 6.07) is 15.8. The molecule has 32 heavy (non-hydrogen) atoms. The Morgan fingerprint density at radius 2 is 1.81 bits per heavy atom. The zero-order valence-corrected chi connectivity index (χ0v) is 20.2. The van der Waals surface area contributed by atoms with E-state index in [1.807, 2.05) is 47.4 Å². The summed E-state index contributed by atoms with van der Waals surface area (Å²) in [6.45, 7) is 8.83. The van der Waals surface area contributed by atoms with Gasteiger partial charge in [-0.2, -0.15) is 0 Å². The SMILES string of the molecule is COc1cccc([C@H](CN2CCN(C(=O)CCC(C)C)CC2)OCc2cccc(Cl)c2)c1. The molecule has 5 nitrogen and oxygen atoms in total. The van der Waals surface area contributed by atoms with Crippen molar-refractivity contribution in [1.29, 1.82) is 0 Å². The predicted octanol–water partition coefficient (Wildman–Crippen LogP) is 5.19. The van der Waals surface area contributed by atoms with Crippen molar-refractivity contribution >= 4 is 17.5 Å². The van der Waals surface area contributed by atoms with E-state index in [0.29, 0.717) is 24.0 Å². The summed E-state index contributed by atoms with van der Waals surface area (Å²) in [5.74, 6) is 1.65. The van der Waals surface area contributed by atoms with Crippen LogP contribution in [-0.2, 0) is 16.1 Å². The van der Waals surface area contributed by atoms with Crippen LogP contribution in [0.1, 0.15) is 43.9 Å². The number of rotatable bonds is 10. The summed E-state index contributed by atoms with van der Waals surface area (Å²) in [4.78, 5) is 16.9. The van der Waals surface area contributed by atoms with Crippen LogP contribution in [0.4, 0.5) is 0 Å². The van der Waals surface area contributed by atoms with Gasteiger partial charge in [0.15, 0.2) is 0 Å². The van der Waals surface area contributed by atoms with Gasteiger partial charge < -0.3 is 14.4 Å². The molecule has 3 rings (SSSR count). The largest absolute Gasteiger partial charge is 0.497 e. The molecule has 1 saturated heterocycles. The Kier molecular flexibility index (Phi) is 9.39. The Morgan fingerprint density at radius 3 is 2.50 bits per heavy atom. The van der Waals surface area contributed by atoms with Gasteiger partial charge in [-0.3, -0.25) is 9.69 Å². The van der Waals surface area contributed by atoms with Gasteiger partial charge in [0, 0.05) is 44.2 Å². The molecule has 0 spiro atoms. The first kappa shape index (κ1) is 24.6. The molecule has 1 aliphatic heterocycles. The molecule has 1 fully saturated rings. The maximum atomic E-state index is 12.5. The number of hydrogen-bond donors (Lipinski definition) is 0. The molecular formula is C26H35ClN2O3. The van der Waals surface area contributed by atoms with Gasteiger partial charge in [-0.1, -0.05) is 49.7 Å². The average molecular weight is 459 g/mol. The molecule has 0 bridgehead atoms. The van der Waals surface area contributed by atoms with Gasteiger partial charge in [0.2, 0.25) is 5.91 Å². The summed E-state index contributed by atoms with van der Waals surface area (Å²) in [7, 11) is 1.68. The lowest BCUT2D eigenvalue weighted by molar-refractivity contribution is -0.133. The molecule has 174 valence electrons. The lowest BCUT2D eigenvalue weighted by Gasteiger charge is -2.36. The van der Waals surface area contributed by atoms with Gasteiger partial charge in [-0.25, -0.2) is 0 Å². The maximum absolute atomic E-state index is 12.5. The minimum atomic E-state index is -0.104. The molecule has 0 N–H and O–H groups in total. The van der Waals surface area contributed by atoms with Crippen molar-refractivity contribution in [1.82, 2.24) is 9.80 Å². The third-order valence-corrected chi connectivity index (χ3v) is 6.13. The molecule has 2 aromatic carbocycles. The number of carbonyl (C=O) groups excluding carboxylic acids is 1. The minimum Gasteiger partial charge on any atom is -0.497 e. The molecule has 2 aromatic rings. The maximum Gasteiger partial charge on any atom is 0.222 e. The molecular weight excluding hydrogens is 424 g/mol. The Bertz CT molecular complexity index is 866. The fourth-order valence-electron chi connectivity index (χ4n) is 3.90. The molecule has 1 atom stereocenters. The van der Waals surface area contributed by atoms with Gasteiger partial charge in [-0.05, 0) is 47.7 Å². The number of methoxy groups -OCH3 is 1. The normalized spacial score (nSPS) is 15.7. The highest BCUT2D eigenvalue weighted by molar-refractivity contribution is 6.30. The van der Waals surface area contributed by atoms with Crippen LogP contribution in [0.2, 0.25) is 5.02 Å². The number of nitrogens with zero attached hydrogens (tertiary/aromatic N) is 2. The number of carbonyl (C=O) groups is 1. The van der Waals surface area contributed by atoms with E-state index in [4.69, 9.17) is 21.1 Å². The van der Waals surface area contributed by atoms with Crippen LogP contribution in [0.5, 0.6) is 5.75 Å². The van der Waals surface area contributed by atoms with Gasteiger partial charge in [0.25, 0.3) is 0 Å². The first-order valence-electron chi connectivity index (χ1n) is 11.4. The van der Waals surface area contributed by atoms with Crippen molar-refractivity contribution in [3.8, 4) is 5.75 Å². The molecule has 0 saturated carbocycles. The molecule has 0 aromatic heterocycles. The average Bonchev–Trinajstić information content (AvgIpc) is 2.80. The highest BCUT2D eigenvalue weighted by Crippen LogP contribution is 2.25. The van der Waals surface area contributed by atoms with Crippen molar-refractivity contribution in [2.75, 3.05) is 39.8 Å². The number of hydrogen-bond acceptors (Lipinski definition) is 4. The van der Waals surface area contributed by atoms with Crippen LogP contribution in [0.15, 0.2) is 48.5 Å². The van der Waals surface area contributed by atoms with Crippen molar-refractivity contribution in [3.63, 3.8) is 0 Å². The van der Waals surface area contributed by atoms with E-state index in [9.17, 15) is 4.79 Å². The fraction of sp³-hybridized carbons (Fsp3) is 0.500. The lowest BCUT2D eigenvalue weighted by Crippen LogP contribution is -2.49. The van der Waals surface area contributed by atoms with E-state index >= 15 is 0 Å². The third kappa shape index (κ3) is 7.51. The zero-order chi connectivity index (χ0) is 22.9. The third-order valence-electron chi connectivity index (χ3n) is 5.89. The monoisotopic (exact) mass is 458 g/mol. The van der Waals surface area contributed by atoms with E-state index in [-0.39, 0.29) is 12.0 Å². The number of ether oxygens (including phenoxy) is 2. The molecule has 1 aliphatic rings. The first-order valence-corrected chi connectivity index (χ1v) is 11.8. The van der Waals surface area contributed by atoms with Gasteiger partial charge >= 0.3 is 0 Å². The van der Waals surface area contributed by atoms with Crippen LogP contribution in [-0.4, -0.2) is 55.5 Å². The Balaban J connectivity index is 1.62. The summed E-state index contributed by atoms with van der Waals surface area (Å²) in [5, 5.41) is 0.710. The topological polar surface area (TPSA) is 42.0 Å². The highest BCUT2D eigenvalue weighted by atomic mass is 35.5. The number of benzene rings is 2. The van der Waals surface area contributed by atoms with Gasteiger partial charge in [0.1, 0.15) is 5.75 Å². The smallest absolute Gasteiger partial charge is 0.222 e. The molecule has 6 heteroatoms. The summed E-state index contributed by atoms with van der Waals surface area (Å²) < 4.78 is 11.8. The van der Waals surface area contributed by atoms with Gasteiger partial charge in [0.05, 0.1) is 19.8 Å². The lowest BCUT2D eigenvalue weighted by atomic mass is 10.1. The molecule has 1 heterocycles. The Hall–Kier alpha value is -2.08. The predicted molar refractivity (Wildman–Crippen MR) is 129 cm³/mol. The van der Waals surface area contributed by atoms with E-state index in [1.165, 1.54) is 0 Å². The van der Waals surface area contributed by atoms with E-state index in [0.717, 1.165) is 56.0 Å². The number of amides is 1. The fourth-order valence-corrected chi connectivity index (χ4v) is 4.12. The zero-order valence-electron chi connectivity index (χ0n) is 19.4. The Morgan fingerprint density at radius 1 is 1.06 bits per heavy atom. The summed E-state index contributed by atoms with van der Waals surface area (Å²) >= 11 is 6.14. The van der Waals surface area contributed by atoms with Crippen molar-refractivity contribution in [2.24, 2.45) is 5.92 Å². The number of halogens is 1. The van der Waals surface area contributed by atoms with Crippen LogP contribution in [0, 0.1) is 5.92 Å². The van der Waals surface area contributed by atoms with Crippen molar-refractivity contribution in [3.05, 3.63) is 64.7 Å². The second kappa shape index (κ2) is 12.2. The van der Waals surface area contributed by atoms with E-state index in [1.54, 1.807) is 7.11 Å². The molecule has 0 aliphatic carbocycles. The van der Waals surface area contributed by atoms with Gasteiger partial charge in [-0.15, -0.1) is 0 Å². The second-order valence-electron chi connectivity index (χ2n) is 8.82.